The molecule has 1 unspecified atom stereocenters. The lowest BCUT2D eigenvalue weighted by Crippen LogP contribution is -2.40. The molecule has 2 aromatic rings. The molecule has 5 heteroatoms. The number of pyridine rings is 1. The number of aromatic nitrogens is 3. The SMILES string of the molecule is Cn1cc(C2(C)CNc3ncccc3O2)cn1. The van der Waals surface area contributed by atoms with Crippen LogP contribution in [-0.2, 0) is 12.6 Å². The molecule has 0 radical (unpaired) electrons. The number of nitrogens with zero attached hydrogens (tertiary/aromatic N) is 3. The Kier molecular flexibility index (Phi) is 2.07. The van der Waals surface area contributed by atoms with Crippen molar-refractivity contribution in [2.75, 3.05) is 11.9 Å². The molecule has 1 aliphatic rings. The van der Waals surface area contributed by atoms with Crippen molar-refractivity contribution in [3.8, 4) is 5.75 Å². The second-order valence-corrected chi connectivity index (χ2v) is 4.44. The molecule has 0 fully saturated rings. The minimum Gasteiger partial charge on any atom is -0.477 e. The topological polar surface area (TPSA) is 52.0 Å². The predicted molar refractivity (Wildman–Crippen MR) is 63.9 cm³/mol. The summed E-state index contributed by atoms with van der Waals surface area (Å²) in [6.45, 7) is 2.73. The van der Waals surface area contributed by atoms with E-state index in [0.717, 1.165) is 17.1 Å². The van der Waals surface area contributed by atoms with Gasteiger partial charge >= 0.3 is 0 Å². The van der Waals surface area contributed by atoms with Crippen LogP contribution in [0, 0.1) is 0 Å². The van der Waals surface area contributed by atoms with Crippen molar-refractivity contribution in [3.63, 3.8) is 0 Å². The minimum atomic E-state index is -0.399. The number of hydrogen-bond acceptors (Lipinski definition) is 4. The molecule has 2 aromatic heterocycles. The van der Waals surface area contributed by atoms with Crippen LogP contribution in [0.4, 0.5) is 5.82 Å². The first-order valence-corrected chi connectivity index (χ1v) is 5.54. The average molecular weight is 230 g/mol. The van der Waals surface area contributed by atoms with Crippen LogP contribution < -0.4 is 10.1 Å². The number of fused-ring (bicyclic) bond motifs is 1. The fourth-order valence-electron chi connectivity index (χ4n) is 1.99. The number of anilines is 1. The number of nitrogens with one attached hydrogen (secondary N) is 1. The van der Waals surface area contributed by atoms with Gasteiger partial charge in [0.05, 0.1) is 12.7 Å². The second-order valence-electron chi connectivity index (χ2n) is 4.44. The zero-order valence-corrected chi connectivity index (χ0v) is 9.84. The lowest BCUT2D eigenvalue weighted by molar-refractivity contribution is 0.0929. The van der Waals surface area contributed by atoms with E-state index in [1.807, 2.05) is 38.5 Å². The molecule has 1 atom stereocenters. The third-order valence-corrected chi connectivity index (χ3v) is 3.01. The normalized spacial score (nSPS) is 22.5. The average Bonchev–Trinajstić information content (AvgIpc) is 2.76. The van der Waals surface area contributed by atoms with Crippen LogP contribution in [0.3, 0.4) is 0 Å². The van der Waals surface area contributed by atoms with Crippen molar-refractivity contribution in [3.05, 3.63) is 36.3 Å². The first-order chi connectivity index (χ1) is 8.17. The molecule has 3 heterocycles. The Hall–Kier alpha value is -2.04. The van der Waals surface area contributed by atoms with Gasteiger partial charge in [-0.25, -0.2) is 4.98 Å². The van der Waals surface area contributed by atoms with Crippen molar-refractivity contribution < 1.29 is 4.74 Å². The van der Waals surface area contributed by atoms with Gasteiger partial charge in [0.2, 0.25) is 0 Å². The Morgan fingerprint density at radius 3 is 3.18 bits per heavy atom. The third kappa shape index (κ3) is 1.63. The van der Waals surface area contributed by atoms with Crippen LogP contribution >= 0.6 is 0 Å². The van der Waals surface area contributed by atoms with Crippen LogP contribution in [0.5, 0.6) is 5.75 Å². The van der Waals surface area contributed by atoms with Gasteiger partial charge in [-0.3, -0.25) is 4.68 Å². The fraction of sp³-hybridized carbons (Fsp3) is 0.333. The Balaban J connectivity index is 1.97. The maximum atomic E-state index is 6.04. The number of ether oxygens (including phenoxy) is 1. The highest BCUT2D eigenvalue weighted by Gasteiger charge is 2.34. The van der Waals surface area contributed by atoms with Gasteiger partial charge in [-0.1, -0.05) is 0 Å². The third-order valence-electron chi connectivity index (χ3n) is 3.01. The van der Waals surface area contributed by atoms with E-state index in [-0.39, 0.29) is 0 Å². The van der Waals surface area contributed by atoms with E-state index >= 15 is 0 Å². The molecule has 17 heavy (non-hydrogen) atoms. The van der Waals surface area contributed by atoms with E-state index in [4.69, 9.17) is 4.74 Å². The molecule has 1 aliphatic heterocycles. The molecular formula is C12H14N4O. The lowest BCUT2D eigenvalue weighted by atomic mass is 9.98. The van der Waals surface area contributed by atoms with Crippen molar-refractivity contribution >= 4 is 5.82 Å². The van der Waals surface area contributed by atoms with Crippen molar-refractivity contribution in [1.82, 2.24) is 14.8 Å². The molecule has 3 rings (SSSR count). The molecule has 0 aliphatic carbocycles. The van der Waals surface area contributed by atoms with Crippen LogP contribution in [0.15, 0.2) is 30.7 Å². The Morgan fingerprint density at radius 2 is 2.41 bits per heavy atom. The molecular weight excluding hydrogens is 216 g/mol. The maximum absolute atomic E-state index is 6.04. The zero-order valence-electron chi connectivity index (χ0n) is 9.84. The lowest BCUT2D eigenvalue weighted by Gasteiger charge is -2.35. The highest BCUT2D eigenvalue weighted by atomic mass is 16.5. The van der Waals surface area contributed by atoms with E-state index in [2.05, 4.69) is 15.4 Å². The summed E-state index contributed by atoms with van der Waals surface area (Å²) in [6.07, 6.45) is 5.56. The highest BCUT2D eigenvalue weighted by Crippen LogP contribution is 2.35. The molecule has 0 bridgehead atoms. The number of rotatable bonds is 1. The Morgan fingerprint density at radius 1 is 1.53 bits per heavy atom. The van der Waals surface area contributed by atoms with Crippen molar-refractivity contribution in [2.45, 2.75) is 12.5 Å². The van der Waals surface area contributed by atoms with Crippen LogP contribution in [0.25, 0.3) is 0 Å². The Bertz CT molecular complexity index is 551. The van der Waals surface area contributed by atoms with Gasteiger partial charge in [0.15, 0.2) is 17.2 Å². The highest BCUT2D eigenvalue weighted by molar-refractivity contribution is 5.52. The van der Waals surface area contributed by atoms with Gasteiger partial charge < -0.3 is 10.1 Å². The van der Waals surface area contributed by atoms with Crippen molar-refractivity contribution in [1.29, 1.82) is 0 Å². The van der Waals surface area contributed by atoms with Crippen LogP contribution in [0.1, 0.15) is 12.5 Å². The summed E-state index contributed by atoms with van der Waals surface area (Å²) in [6, 6.07) is 3.79. The van der Waals surface area contributed by atoms with Crippen LogP contribution in [0.2, 0.25) is 0 Å². The van der Waals surface area contributed by atoms with Gasteiger partial charge in [0.1, 0.15) is 0 Å². The smallest absolute Gasteiger partial charge is 0.168 e. The van der Waals surface area contributed by atoms with E-state index in [9.17, 15) is 0 Å². The van der Waals surface area contributed by atoms with Crippen molar-refractivity contribution in [2.24, 2.45) is 7.05 Å². The van der Waals surface area contributed by atoms with Crippen LogP contribution in [-0.4, -0.2) is 21.3 Å². The molecule has 0 spiro atoms. The van der Waals surface area contributed by atoms with E-state index in [1.165, 1.54) is 0 Å². The largest absolute Gasteiger partial charge is 0.477 e. The quantitative estimate of drug-likeness (QED) is 0.807. The molecule has 1 N–H and O–H groups in total. The second kappa shape index (κ2) is 3.48. The van der Waals surface area contributed by atoms with E-state index in [0.29, 0.717) is 6.54 Å². The summed E-state index contributed by atoms with van der Waals surface area (Å²) in [4.78, 5) is 4.23. The minimum absolute atomic E-state index is 0.399. The summed E-state index contributed by atoms with van der Waals surface area (Å²) in [5, 5.41) is 7.47. The summed E-state index contributed by atoms with van der Waals surface area (Å²) in [5.74, 6) is 1.58. The monoisotopic (exact) mass is 230 g/mol. The van der Waals surface area contributed by atoms with E-state index < -0.39 is 5.60 Å². The van der Waals surface area contributed by atoms with Gasteiger partial charge in [-0.2, -0.15) is 5.10 Å². The fourth-order valence-corrected chi connectivity index (χ4v) is 1.99. The first kappa shape index (κ1) is 10.1. The summed E-state index contributed by atoms with van der Waals surface area (Å²) in [5.41, 5.74) is 0.659. The van der Waals surface area contributed by atoms with Gasteiger partial charge in [0.25, 0.3) is 0 Å². The molecule has 0 saturated heterocycles. The molecule has 0 aromatic carbocycles. The van der Waals surface area contributed by atoms with Gasteiger partial charge in [-0.15, -0.1) is 0 Å². The predicted octanol–water partition coefficient (Wildman–Crippen LogP) is 1.53. The Labute approximate surface area is 99.4 Å². The van der Waals surface area contributed by atoms with Gasteiger partial charge in [-0.05, 0) is 19.1 Å². The molecule has 0 saturated carbocycles. The summed E-state index contributed by atoms with van der Waals surface area (Å²) >= 11 is 0. The maximum Gasteiger partial charge on any atom is 0.168 e. The summed E-state index contributed by atoms with van der Waals surface area (Å²) < 4.78 is 7.82. The number of aryl methyl sites for hydroxylation is 1. The first-order valence-electron chi connectivity index (χ1n) is 5.54. The van der Waals surface area contributed by atoms with E-state index in [1.54, 1.807) is 10.9 Å². The molecule has 88 valence electrons. The summed E-state index contributed by atoms with van der Waals surface area (Å²) in [7, 11) is 1.90. The standard InChI is InChI=1S/C12H14N4O/c1-12(9-6-15-16(2)7-9)8-14-11-10(17-12)4-3-5-13-11/h3-7H,8H2,1-2H3,(H,13,14). The van der Waals surface area contributed by atoms with Gasteiger partial charge in [0, 0.05) is 25.0 Å². The number of hydrogen-bond donors (Lipinski definition) is 1. The zero-order chi connectivity index (χ0) is 11.9. The molecule has 5 nitrogen and oxygen atoms in total. The molecule has 0 amide bonds.